The lowest BCUT2D eigenvalue weighted by Gasteiger charge is -2.39. The van der Waals surface area contributed by atoms with Gasteiger partial charge in [-0.2, -0.15) is 0 Å². The maximum absolute atomic E-state index is 13.2. The van der Waals surface area contributed by atoms with Crippen molar-refractivity contribution in [3.05, 3.63) is 0 Å². The molecule has 0 aliphatic heterocycles. The fourth-order valence-electron chi connectivity index (χ4n) is 2.21. The van der Waals surface area contributed by atoms with Crippen LogP contribution in [0.4, 0.5) is 8.78 Å². The summed E-state index contributed by atoms with van der Waals surface area (Å²) in [4.78, 5) is 11.8. The van der Waals surface area contributed by atoms with E-state index in [4.69, 9.17) is 0 Å². The van der Waals surface area contributed by atoms with Crippen LogP contribution in [0.2, 0.25) is 0 Å². The number of hydrogen-bond donors (Lipinski definition) is 1. The maximum Gasteiger partial charge on any atom is 0.248 e. The average Bonchev–Trinajstić information content (AvgIpc) is 2.37. The van der Waals surface area contributed by atoms with E-state index in [9.17, 15) is 13.6 Å². The number of carbonyl (C=O) groups excluding carboxylic acids is 1. The highest BCUT2D eigenvalue weighted by atomic mass is 19.3. The monoisotopic (exact) mass is 267 g/mol. The van der Waals surface area contributed by atoms with E-state index >= 15 is 0 Å². The first-order valence-corrected chi connectivity index (χ1v) is 6.41. The second-order valence-corrected chi connectivity index (χ2v) is 4.89. The second-order valence-electron chi connectivity index (χ2n) is 4.89. The van der Waals surface area contributed by atoms with Crippen molar-refractivity contribution in [3.63, 3.8) is 0 Å². The van der Waals surface area contributed by atoms with Gasteiger partial charge in [-0.3, -0.25) is 4.79 Å². The Morgan fingerprint density at radius 2 is 1.68 bits per heavy atom. The van der Waals surface area contributed by atoms with Crippen LogP contribution >= 0.6 is 0 Å². The van der Waals surface area contributed by atoms with Crippen LogP contribution in [-0.4, -0.2) is 17.4 Å². The molecule has 2 nitrogen and oxygen atoms in total. The molecule has 0 saturated heterocycles. The predicted octanol–water partition coefficient (Wildman–Crippen LogP) is 2.88. The van der Waals surface area contributed by atoms with Crippen molar-refractivity contribution in [2.45, 2.75) is 63.8 Å². The van der Waals surface area contributed by atoms with E-state index in [-0.39, 0.29) is 38.0 Å². The van der Waals surface area contributed by atoms with Gasteiger partial charge in [-0.15, -0.1) is 17.8 Å². The van der Waals surface area contributed by atoms with Gasteiger partial charge in [0.05, 0.1) is 12.0 Å². The second kappa shape index (κ2) is 6.57. The Kier molecular flexibility index (Phi) is 5.36. The molecule has 19 heavy (non-hydrogen) atoms. The number of carbonyl (C=O) groups is 1. The molecule has 1 saturated carbocycles. The topological polar surface area (TPSA) is 29.1 Å². The van der Waals surface area contributed by atoms with E-state index in [1.54, 1.807) is 13.8 Å². The van der Waals surface area contributed by atoms with Gasteiger partial charge >= 0.3 is 0 Å². The van der Waals surface area contributed by atoms with Crippen LogP contribution in [0.1, 0.15) is 52.4 Å². The Morgan fingerprint density at radius 3 is 2.21 bits per heavy atom. The predicted molar refractivity (Wildman–Crippen MR) is 70.4 cm³/mol. The molecule has 1 amide bonds. The first-order chi connectivity index (χ1) is 8.93. The van der Waals surface area contributed by atoms with Gasteiger partial charge in [-0.25, -0.2) is 8.78 Å². The van der Waals surface area contributed by atoms with Crippen molar-refractivity contribution in [2.24, 2.45) is 0 Å². The summed E-state index contributed by atoms with van der Waals surface area (Å²) >= 11 is 0. The molecule has 0 bridgehead atoms. The van der Waals surface area contributed by atoms with E-state index in [1.807, 2.05) is 0 Å². The standard InChI is InChI=1S/C15H19F2NO/c1-3-5-7-13(19)18-14(8-6-4-2)9-11-15(16,17)12-10-14/h7-12H2,1-2H3,(H,18,19). The minimum atomic E-state index is -2.61. The number of halogens is 2. The molecule has 0 atom stereocenters. The summed E-state index contributed by atoms with van der Waals surface area (Å²) in [5.74, 6) is 8.16. The van der Waals surface area contributed by atoms with Crippen LogP contribution in [0.5, 0.6) is 0 Å². The summed E-state index contributed by atoms with van der Waals surface area (Å²) in [6.45, 7) is 3.36. The largest absolute Gasteiger partial charge is 0.349 e. The molecule has 0 radical (unpaired) electrons. The van der Waals surface area contributed by atoms with Gasteiger partial charge in [-0.05, 0) is 26.7 Å². The lowest BCUT2D eigenvalue weighted by molar-refractivity contribution is -0.124. The zero-order valence-corrected chi connectivity index (χ0v) is 11.4. The number of nitrogens with one attached hydrogen (secondary N) is 1. The van der Waals surface area contributed by atoms with Crippen LogP contribution in [0.25, 0.3) is 0 Å². The number of rotatable bonds is 3. The molecule has 0 aromatic heterocycles. The highest BCUT2D eigenvalue weighted by Gasteiger charge is 2.43. The molecule has 1 aliphatic rings. The molecular formula is C15H19F2NO. The Labute approximate surface area is 113 Å². The smallest absolute Gasteiger partial charge is 0.248 e. The van der Waals surface area contributed by atoms with E-state index < -0.39 is 11.5 Å². The van der Waals surface area contributed by atoms with Crippen molar-refractivity contribution in [3.8, 4) is 23.7 Å². The molecule has 0 spiro atoms. The molecule has 104 valence electrons. The van der Waals surface area contributed by atoms with Crippen LogP contribution in [0.3, 0.4) is 0 Å². The summed E-state index contributed by atoms with van der Waals surface area (Å²) in [6, 6.07) is 0. The Balaban J connectivity index is 2.72. The number of hydrogen-bond acceptors (Lipinski definition) is 1. The van der Waals surface area contributed by atoms with E-state index in [0.717, 1.165) is 0 Å². The van der Waals surface area contributed by atoms with Crippen molar-refractivity contribution < 1.29 is 13.6 Å². The molecule has 0 aromatic rings. The third kappa shape index (κ3) is 4.91. The fraction of sp³-hybridized carbons (Fsp3) is 0.667. The lowest BCUT2D eigenvalue weighted by atomic mass is 9.77. The zero-order valence-electron chi connectivity index (χ0n) is 11.4. The van der Waals surface area contributed by atoms with E-state index in [1.165, 1.54) is 0 Å². The zero-order chi connectivity index (χ0) is 14.4. The van der Waals surface area contributed by atoms with Gasteiger partial charge in [0.25, 0.3) is 0 Å². The maximum atomic E-state index is 13.2. The summed E-state index contributed by atoms with van der Waals surface area (Å²) in [5, 5.41) is 2.86. The highest BCUT2D eigenvalue weighted by Crippen LogP contribution is 2.39. The van der Waals surface area contributed by atoms with Crippen molar-refractivity contribution >= 4 is 5.91 Å². The Hall–Kier alpha value is -1.55. The van der Waals surface area contributed by atoms with Crippen LogP contribution in [-0.2, 0) is 4.79 Å². The molecule has 1 fully saturated rings. The van der Waals surface area contributed by atoms with Gasteiger partial charge in [0, 0.05) is 19.3 Å². The first kappa shape index (κ1) is 15.5. The molecular weight excluding hydrogens is 248 g/mol. The van der Waals surface area contributed by atoms with Crippen LogP contribution in [0.15, 0.2) is 0 Å². The average molecular weight is 267 g/mol. The quantitative estimate of drug-likeness (QED) is 0.783. The van der Waals surface area contributed by atoms with Gasteiger partial charge in [0.15, 0.2) is 0 Å². The lowest BCUT2D eigenvalue weighted by Crippen LogP contribution is -2.52. The Bertz CT molecular complexity index is 438. The minimum absolute atomic E-state index is 0.105. The molecule has 4 heteroatoms. The summed E-state index contributed by atoms with van der Waals surface area (Å²) in [5.41, 5.74) is -0.614. The van der Waals surface area contributed by atoms with Gasteiger partial charge in [-0.1, -0.05) is 5.92 Å². The Morgan fingerprint density at radius 1 is 1.11 bits per heavy atom. The molecule has 1 N–H and O–H groups in total. The molecule has 1 aliphatic carbocycles. The summed E-state index contributed by atoms with van der Waals surface area (Å²) in [6.07, 6.45) is 0.662. The van der Waals surface area contributed by atoms with Crippen molar-refractivity contribution in [1.29, 1.82) is 0 Å². The molecule has 1 rings (SSSR count). The third-order valence-corrected chi connectivity index (χ3v) is 3.37. The van der Waals surface area contributed by atoms with Gasteiger partial charge in [0.1, 0.15) is 0 Å². The first-order valence-electron chi connectivity index (χ1n) is 6.41. The van der Waals surface area contributed by atoms with Crippen molar-refractivity contribution in [1.82, 2.24) is 5.32 Å². The molecule has 0 aromatic carbocycles. The van der Waals surface area contributed by atoms with Gasteiger partial charge in [0.2, 0.25) is 11.8 Å². The summed E-state index contributed by atoms with van der Waals surface area (Å²) in [7, 11) is 0. The van der Waals surface area contributed by atoms with E-state index in [0.29, 0.717) is 6.42 Å². The minimum Gasteiger partial charge on any atom is -0.349 e. The highest BCUT2D eigenvalue weighted by molar-refractivity contribution is 5.79. The number of alkyl halides is 2. The fourth-order valence-corrected chi connectivity index (χ4v) is 2.21. The van der Waals surface area contributed by atoms with Crippen molar-refractivity contribution in [2.75, 3.05) is 0 Å². The molecule has 0 unspecified atom stereocenters. The number of amides is 1. The normalized spacial score (nSPS) is 19.4. The van der Waals surface area contributed by atoms with Gasteiger partial charge < -0.3 is 5.32 Å². The summed E-state index contributed by atoms with van der Waals surface area (Å²) < 4.78 is 26.5. The molecule has 0 heterocycles. The third-order valence-electron chi connectivity index (χ3n) is 3.37. The van der Waals surface area contributed by atoms with E-state index in [2.05, 4.69) is 29.0 Å². The SMILES string of the molecule is CC#CCC(=O)NC1(CC#CC)CCC(F)(F)CC1. The van der Waals surface area contributed by atoms with Crippen LogP contribution < -0.4 is 5.32 Å². The van der Waals surface area contributed by atoms with Crippen LogP contribution in [0, 0.1) is 23.7 Å².